The number of aromatic nitrogens is 2. The molecule has 1 fully saturated rings. The second-order valence-electron chi connectivity index (χ2n) is 7.26. The third-order valence-corrected chi connectivity index (χ3v) is 5.12. The number of nitrogens with zero attached hydrogens (tertiary/aromatic N) is 4. The lowest BCUT2D eigenvalue weighted by molar-refractivity contribution is 0.0746. The Morgan fingerprint density at radius 3 is 2.57 bits per heavy atom. The van der Waals surface area contributed by atoms with Gasteiger partial charge >= 0.3 is 0 Å². The van der Waals surface area contributed by atoms with Crippen LogP contribution in [0.2, 0.25) is 0 Å². The number of carbonyl (C=O) groups is 1. The fraction of sp³-hybridized carbons (Fsp3) is 0.292. The van der Waals surface area contributed by atoms with Crippen LogP contribution in [0, 0.1) is 0 Å². The second-order valence-corrected chi connectivity index (χ2v) is 7.26. The minimum atomic E-state index is 0.0456. The zero-order valence-electron chi connectivity index (χ0n) is 17.2. The van der Waals surface area contributed by atoms with Gasteiger partial charge in [0.2, 0.25) is 0 Å². The minimum Gasteiger partial charge on any atom is -0.494 e. The summed E-state index contributed by atoms with van der Waals surface area (Å²) in [5.41, 5.74) is 1.67. The molecule has 0 N–H and O–H groups in total. The van der Waals surface area contributed by atoms with Crippen molar-refractivity contribution in [3.63, 3.8) is 0 Å². The van der Waals surface area contributed by atoms with E-state index in [2.05, 4.69) is 16.8 Å². The Morgan fingerprint density at radius 1 is 1.00 bits per heavy atom. The summed E-state index contributed by atoms with van der Waals surface area (Å²) >= 11 is 0. The second kappa shape index (κ2) is 9.39. The fourth-order valence-corrected chi connectivity index (χ4v) is 3.51. The first-order valence-corrected chi connectivity index (χ1v) is 10.4. The smallest absolute Gasteiger partial charge is 0.254 e. The van der Waals surface area contributed by atoms with Crippen LogP contribution in [0.3, 0.4) is 0 Å². The van der Waals surface area contributed by atoms with Crippen molar-refractivity contribution in [2.24, 2.45) is 0 Å². The van der Waals surface area contributed by atoms with Crippen molar-refractivity contribution in [3.8, 4) is 17.1 Å². The third kappa shape index (κ3) is 4.59. The summed E-state index contributed by atoms with van der Waals surface area (Å²) in [4.78, 5) is 26.2. The first kappa shape index (κ1) is 19.9. The third-order valence-electron chi connectivity index (χ3n) is 5.12. The Morgan fingerprint density at radius 2 is 1.80 bits per heavy atom. The Balaban J connectivity index is 1.40. The standard InChI is InChI=1S/C24H26N4O2/c1-2-17-30-21-10-6-9-20(18-21)24(29)28-15-13-27(14-16-28)22-11-12-25-23(26-22)19-7-4-3-5-8-19/h3-12,18H,2,13-17H2,1H3. The topological polar surface area (TPSA) is 58.6 Å². The first-order valence-electron chi connectivity index (χ1n) is 10.4. The monoisotopic (exact) mass is 402 g/mol. The highest BCUT2D eigenvalue weighted by Gasteiger charge is 2.23. The quantitative estimate of drug-likeness (QED) is 0.626. The van der Waals surface area contributed by atoms with E-state index in [-0.39, 0.29) is 5.91 Å². The molecule has 2 aromatic carbocycles. The molecule has 1 saturated heterocycles. The highest BCUT2D eigenvalue weighted by molar-refractivity contribution is 5.94. The summed E-state index contributed by atoms with van der Waals surface area (Å²) < 4.78 is 5.66. The molecule has 0 bridgehead atoms. The molecule has 1 aromatic heterocycles. The van der Waals surface area contributed by atoms with Gasteiger partial charge in [-0.2, -0.15) is 0 Å². The zero-order chi connectivity index (χ0) is 20.8. The Labute approximate surface area is 177 Å². The van der Waals surface area contributed by atoms with Gasteiger partial charge in [0.15, 0.2) is 5.82 Å². The van der Waals surface area contributed by atoms with Crippen LogP contribution in [0.1, 0.15) is 23.7 Å². The van der Waals surface area contributed by atoms with Gasteiger partial charge in [-0.25, -0.2) is 9.97 Å². The molecule has 1 aliphatic rings. The maximum atomic E-state index is 12.9. The van der Waals surface area contributed by atoms with Crippen LogP contribution in [-0.4, -0.2) is 53.6 Å². The van der Waals surface area contributed by atoms with Gasteiger partial charge < -0.3 is 14.5 Å². The van der Waals surface area contributed by atoms with E-state index in [1.165, 1.54) is 0 Å². The van der Waals surface area contributed by atoms with Crippen LogP contribution < -0.4 is 9.64 Å². The van der Waals surface area contributed by atoms with E-state index in [4.69, 9.17) is 9.72 Å². The molecule has 0 saturated carbocycles. The van der Waals surface area contributed by atoms with Crippen LogP contribution >= 0.6 is 0 Å². The average Bonchev–Trinajstić information content (AvgIpc) is 2.83. The summed E-state index contributed by atoms with van der Waals surface area (Å²) in [6.07, 6.45) is 2.74. The minimum absolute atomic E-state index is 0.0456. The molecular formula is C24H26N4O2. The average molecular weight is 402 g/mol. The number of anilines is 1. The molecule has 1 aliphatic heterocycles. The molecule has 4 rings (SSSR count). The number of rotatable bonds is 6. The van der Waals surface area contributed by atoms with Crippen molar-refractivity contribution in [1.82, 2.24) is 14.9 Å². The van der Waals surface area contributed by atoms with Crippen LogP contribution in [0.25, 0.3) is 11.4 Å². The van der Waals surface area contributed by atoms with Crippen molar-refractivity contribution in [3.05, 3.63) is 72.4 Å². The lowest BCUT2D eigenvalue weighted by Crippen LogP contribution is -2.49. The van der Waals surface area contributed by atoms with Crippen molar-refractivity contribution in [1.29, 1.82) is 0 Å². The van der Waals surface area contributed by atoms with Crippen LogP contribution in [0.4, 0.5) is 5.82 Å². The highest BCUT2D eigenvalue weighted by atomic mass is 16.5. The maximum absolute atomic E-state index is 12.9. The molecule has 6 nitrogen and oxygen atoms in total. The first-order chi connectivity index (χ1) is 14.7. The number of carbonyl (C=O) groups excluding carboxylic acids is 1. The maximum Gasteiger partial charge on any atom is 0.254 e. The number of piperazine rings is 1. The van der Waals surface area contributed by atoms with E-state index in [1.807, 2.05) is 65.6 Å². The molecule has 0 spiro atoms. The predicted molar refractivity (Wildman–Crippen MR) is 118 cm³/mol. The predicted octanol–water partition coefficient (Wildman–Crippen LogP) is 3.89. The van der Waals surface area contributed by atoms with Gasteiger partial charge in [-0.15, -0.1) is 0 Å². The van der Waals surface area contributed by atoms with E-state index < -0.39 is 0 Å². The van der Waals surface area contributed by atoms with Crippen molar-refractivity contribution >= 4 is 11.7 Å². The van der Waals surface area contributed by atoms with Gasteiger partial charge in [-0.1, -0.05) is 43.3 Å². The van der Waals surface area contributed by atoms with Gasteiger partial charge in [0.05, 0.1) is 6.61 Å². The van der Waals surface area contributed by atoms with Crippen LogP contribution in [0.15, 0.2) is 66.9 Å². The van der Waals surface area contributed by atoms with Crippen molar-refractivity contribution in [2.75, 3.05) is 37.7 Å². The number of amides is 1. The van der Waals surface area contributed by atoms with Gasteiger partial charge in [0.25, 0.3) is 5.91 Å². The molecule has 0 radical (unpaired) electrons. The zero-order valence-corrected chi connectivity index (χ0v) is 17.2. The number of hydrogen-bond donors (Lipinski definition) is 0. The molecule has 3 aromatic rings. The van der Waals surface area contributed by atoms with E-state index in [1.54, 1.807) is 6.20 Å². The lowest BCUT2D eigenvalue weighted by Gasteiger charge is -2.35. The summed E-state index contributed by atoms with van der Waals surface area (Å²) in [7, 11) is 0. The Hall–Kier alpha value is -3.41. The van der Waals surface area contributed by atoms with E-state index >= 15 is 0 Å². The normalized spacial score (nSPS) is 13.9. The Kier molecular flexibility index (Phi) is 6.23. The number of ether oxygens (including phenoxy) is 1. The van der Waals surface area contributed by atoms with Crippen molar-refractivity contribution < 1.29 is 9.53 Å². The van der Waals surface area contributed by atoms with E-state index in [0.29, 0.717) is 25.3 Å². The van der Waals surface area contributed by atoms with E-state index in [0.717, 1.165) is 42.5 Å². The van der Waals surface area contributed by atoms with Gasteiger partial charge in [0.1, 0.15) is 11.6 Å². The molecule has 0 atom stereocenters. The van der Waals surface area contributed by atoms with Gasteiger partial charge in [-0.05, 0) is 30.7 Å². The fourth-order valence-electron chi connectivity index (χ4n) is 3.51. The summed E-state index contributed by atoms with van der Waals surface area (Å²) in [5.74, 6) is 2.40. The molecule has 154 valence electrons. The molecule has 6 heteroatoms. The highest BCUT2D eigenvalue weighted by Crippen LogP contribution is 2.20. The van der Waals surface area contributed by atoms with Crippen LogP contribution in [0.5, 0.6) is 5.75 Å². The van der Waals surface area contributed by atoms with Gasteiger partial charge in [0, 0.05) is 43.5 Å². The van der Waals surface area contributed by atoms with E-state index in [9.17, 15) is 4.79 Å². The number of benzene rings is 2. The Bertz CT molecular complexity index is 985. The van der Waals surface area contributed by atoms with Gasteiger partial charge in [-0.3, -0.25) is 4.79 Å². The van der Waals surface area contributed by atoms with Crippen molar-refractivity contribution in [2.45, 2.75) is 13.3 Å². The molecule has 0 aliphatic carbocycles. The van der Waals surface area contributed by atoms with Crippen LogP contribution in [-0.2, 0) is 0 Å². The summed E-state index contributed by atoms with van der Waals surface area (Å²) in [6.45, 7) is 5.51. The SMILES string of the molecule is CCCOc1cccc(C(=O)N2CCN(c3ccnc(-c4ccccc4)n3)CC2)c1. The molecular weight excluding hydrogens is 376 g/mol. The lowest BCUT2D eigenvalue weighted by atomic mass is 10.1. The molecule has 1 amide bonds. The number of hydrogen-bond acceptors (Lipinski definition) is 5. The molecule has 30 heavy (non-hydrogen) atoms. The summed E-state index contributed by atoms with van der Waals surface area (Å²) in [6, 6.07) is 19.3. The molecule has 2 heterocycles. The molecule has 0 unspecified atom stereocenters. The summed E-state index contributed by atoms with van der Waals surface area (Å²) in [5, 5.41) is 0. The largest absolute Gasteiger partial charge is 0.494 e.